The predicted octanol–water partition coefficient (Wildman–Crippen LogP) is 3.20. The van der Waals surface area contributed by atoms with Gasteiger partial charge in [0.2, 0.25) is 0 Å². The Hall–Kier alpha value is -1.26. The number of likely N-dealkylation sites (tertiary alicyclic amines) is 1. The summed E-state index contributed by atoms with van der Waals surface area (Å²) in [5.74, 6) is 1.29. The molecule has 1 fully saturated rings. The average molecular weight is 325 g/mol. The molecule has 5 heteroatoms. The van der Waals surface area contributed by atoms with Crippen LogP contribution in [-0.4, -0.2) is 44.1 Å². The van der Waals surface area contributed by atoms with Crippen molar-refractivity contribution < 1.29 is 9.53 Å². The fourth-order valence-corrected chi connectivity index (χ4v) is 3.16. The Morgan fingerprint density at radius 1 is 1.50 bits per heavy atom. The molecular weight excluding hydrogens is 300 g/mol. The molecule has 0 radical (unpaired) electrons. The number of methoxy groups -OCH3 is 1. The molecule has 1 N–H and O–H groups in total. The van der Waals surface area contributed by atoms with Gasteiger partial charge in [0, 0.05) is 18.7 Å². The van der Waals surface area contributed by atoms with Gasteiger partial charge in [0.25, 0.3) is 5.91 Å². The number of nitrogens with one attached hydrogen (secondary N) is 1. The minimum atomic E-state index is -0.0865. The van der Waals surface area contributed by atoms with Crippen molar-refractivity contribution in [3.8, 4) is 5.75 Å². The van der Waals surface area contributed by atoms with Crippen molar-refractivity contribution in [1.29, 1.82) is 0 Å². The molecule has 0 aromatic heterocycles. The molecule has 1 heterocycles. The molecule has 2 rings (SSSR count). The van der Waals surface area contributed by atoms with Gasteiger partial charge in [-0.15, -0.1) is 0 Å². The van der Waals surface area contributed by atoms with Crippen molar-refractivity contribution in [3.63, 3.8) is 0 Å². The molecule has 0 saturated carbocycles. The topological polar surface area (TPSA) is 41.6 Å². The van der Waals surface area contributed by atoms with Gasteiger partial charge < -0.3 is 15.0 Å². The Morgan fingerprint density at radius 3 is 3.00 bits per heavy atom. The number of hydrogen-bond donors (Lipinski definition) is 1. The molecule has 1 aliphatic heterocycles. The van der Waals surface area contributed by atoms with Gasteiger partial charge in [0.05, 0.1) is 12.1 Å². The van der Waals surface area contributed by atoms with Crippen molar-refractivity contribution in [2.45, 2.75) is 26.2 Å². The summed E-state index contributed by atoms with van der Waals surface area (Å²) in [6, 6.07) is 5.08. The Balaban J connectivity index is 1.72. The van der Waals surface area contributed by atoms with Crippen LogP contribution in [0.2, 0.25) is 5.02 Å². The summed E-state index contributed by atoms with van der Waals surface area (Å²) >= 11 is 6.04. The highest BCUT2D eigenvalue weighted by Gasteiger charge is 2.15. The number of hydrogen-bond acceptors (Lipinski definition) is 3. The first-order valence-corrected chi connectivity index (χ1v) is 8.32. The number of piperidine rings is 1. The highest BCUT2D eigenvalue weighted by atomic mass is 35.5. The first kappa shape index (κ1) is 17.1. The van der Waals surface area contributed by atoms with E-state index in [2.05, 4.69) is 17.1 Å². The lowest BCUT2D eigenvalue weighted by molar-refractivity contribution is 0.0950. The van der Waals surface area contributed by atoms with Crippen LogP contribution in [-0.2, 0) is 0 Å². The number of carbonyl (C=O) groups is 1. The molecule has 22 heavy (non-hydrogen) atoms. The van der Waals surface area contributed by atoms with Crippen LogP contribution in [0, 0.1) is 5.92 Å². The van der Waals surface area contributed by atoms with Gasteiger partial charge in [0.1, 0.15) is 5.75 Å². The van der Waals surface area contributed by atoms with Crippen LogP contribution in [0.1, 0.15) is 36.5 Å². The van der Waals surface area contributed by atoms with E-state index in [0.29, 0.717) is 22.9 Å². The highest BCUT2D eigenvalue weighted by Crippen LogP contribution is 2.24. The summed E-state index contributed by atoms with van der Waals surface area (Å²) < 4.78 is 5.08. The second-order valence-corrected chi connectivity index (χ2v) is 6.41. The van der Waals surface area contributed by atoms with Crippen LogP contribution in [0.4, 0.5) is 0 Å². The molecule has 1 aliphatic rings. The third-order valence-electron chi connectivity index (χ3n) is 4.09. The number of benzene rings is 1. The minimum Gasteiger partial charge on any atom is -0.495 e. The number of nitrogens with zero attached hydrogens (tertiary/aromatic N) is 1. The Labute approximate surface area is 137 Å². The lowest BCUT2D eigenvalue weighted by Crippen LogP contribution is -2.36. The standard InChI is InChI=1S/C17H25ClN2O2/c1-13-5-3-9-20(12-13)10-4-8-19-17(21)14-6-7-16(22-2)15(18)11-14/h6-7,11,13H,3-5,8-10,12H2,1-2H3,(H,19,21)/t13-/m0/s1. The van der Waals surface area contributed by atoms with Gasteiger partial charge in [0.15, 0.2) is 0 Å². The lowest BCUT2D eigenvalue weighted by Gasteiger charge is -2.30. The molecular formula is C17H25ClN2O2. The van der Waals surface area contributed by atoms with Crippen LogP contribution in [0.3, 0.4) is 0 Å². The summed E-state index contributed by atoms with van der Waals surface area (Å²) in [7, 11) is 1.56. The van der Waals surface area contributed by atoms with E-state index in [1.807, 2.05) is 0 Å². The average Bonchev–Trinajstić information content (AvgIpc) is 2.51. The number of rotatable bonds is 6. The van der Waals surface area contributed by atoms with Crippen molar-refractivity contribution >= 4 is 17.5 Å². The number of amides is 1. The van der Waals surface area contributed by atoms with Crippen LogP contribution in [0.5, 0.6) is 5.75 Å². The van der Waals surface area contributed by atoms with E-state index in [-0.39, 0.29) is 5.91 Å². The van der Waals surface area contributed by atoms with E-state index < -0.39 is 0 Å². The smallest absolute Gasteiger partial charge is 0.251 e. The largest absolute Gasteiger partial charge is 0.495 e. The molecule has 122 valence electrons. The second kappa shape index (κ2) is 8.39. The minimum absolute atomic E-state index is 0.0865. The fourth-order valence-electron chi connectivity index (χ4n) is 2.90. The molecule has 1 aromatic carbocycles. The Kier molecular flexibility index (Phi) is 6.52. The molecule has 1 saturated heterocycles. The number of ether oxygens (including phenoxy) is 1. The number of halogens is 1. The first-order chi connectivity index (χ1) is 10.6. The zero-order chi connectivity index (χ0) is 15.9. The zero-order valence-electron chi connectivity index (χ0n) is 13.4. The monoisotopic (exact) mass is 324 g/mol. The molecule has 0 spiro atoms. The van der Waals surface area contributed by atoms with E-state index in [9.17, 15) is 4.79 Å². The summed E-state index contributed by atoms with van der Waals surface area (Å²) in [5, 5.41) is 3.41. The second-order valence-electron chi connectivity index (χ2n) is 6.01. The molecule has 1 amide bonds. The first-order valence-electron chi connectivity index (χ1n) is 7.94. The van der Waals surface area contributed by atoms with Gasteiger partial charge in [-0.25, -0.2) is 0 Å². The Bertz CT molecular complexity index is 507. The van der Waals surface area contributed by atoms with Crippen molar-refractivity contribution in [2.75, 3.05) is 33.3 Å². The van der Waals surface area contributed by atoms with E-state index in [4.69, 9.17) is 16.3 Å². The third kappa shape index (κ3) is 4.89. The van der Waals surface area contributed by atoms with Gasteiger partial charge in [-0.05, 0) is 56.5 Å². The lowest BCUT2D eigenvalue weighted by atomic mass is 10.0. The van der Waals surface area contributed by atoms with E-state index in [0.717, 1.165) is 18.9 Å². The van der Waals surface area contributed by atoms with Crippen LogP contribution in [0.15, 0.2) is 18.2 Å². The van der Waals surface area contributed by atoms with Gasteiger partial charge in [-0.3, -0.25) is 4.79 Å². The molecule has 1 aromatic rings. The van der Waals surface area contributed by atoms with Crippen molar-refractivity contribution in [2.24, 2.45) is 5.92 Å². The van der Waals surface area contributed by atoms with Crippen LogP contribution >= 0.6 is 11.6 Å². The highest BCUT2D eigenvalue weighted by molar-refractivity contribution is 6.32. The maximum Gasteiger partial charge on any atom is 0.251 e. The molecule has 1 atom stereocenters. The summed E-state index contributed by atoms with van der Waals surface area (Å²) in [6.07, 6.45) is 3.60. The molecule has 4 nitrogen and oxygen atoms in total. The van der Waals surface area contributed by atoms with Crippen LogP contribution < -0.4 is 10.1 Å². The van der Waals surface area contributed by atoms with E-state index in [1.54, 1.807) is 25.3 Å². The third-order valence-corrected chi connectivity index (χ3v) is 4.39. The predicted molar refractivity (Wildman–Crippen MR) is 89.8 cm³/mol. The van der Waals surface area contributed by atoms with Gasteiger partial charge in [-0.1, -0.05) is 18.5 Å². The summed E-state index contributed by atoms with van der Waals surface area (Å²) in [5.41, 5.74) is 0.567. The zero-order valence-corrected chi connectivity index (χ0v) is 14.2. The maximum atomic E-state index is 12.1. The molecule has 0 bridgehead atoms. The number of carbonyl (C=O) groups excluding carboxylic acids is 1. The Morgan fingerprint density at radius 2 is 2.32 bits per heavy atom. The quantitative estimate of drug-likeness (QED) is 0.817. The van der Waals surface area contributed by atoms with Crippen molar-refractivity contribution in [3.05, 3.63) is 28.8 Å². The normalized spacial score (nSPS) is 19.0. The van der Waals surface area contributed by atoms with Crippen molar-refractivity contribution in [1.82, 2.24) is 10.2 Å². The molecule has 0 aliphatic carbocycles. The summed E-state index contributed by atoms with van der Waals surface area (Å²) in [4.78, 5) is 14.6. The fraction of sp³-hybridized carbons (Fsp3) is 0.588. The molecule has 0 unspecified atom stereocenters. The van der Waals surface area contributed by atoms with Gasteiger partial charge >= 0.3 is 0 Å². The van der Waals surface area contributed by atoms with Crippen LogP contribution in [0.25, 0.3) is 0 Å². The SMILES string of the molecule is COc1ccc(C(=O)NCCCN2CCC[C@H](C)C2)cc1Cl. The summed E-state index contributed by atoms with van der Waals surface area (Å²) in [6.45, 7) is 6.41. The van der Waals surface area contributed by atoms with Gasteiger partial charge in [-0.2, -0.15) is 0 Å². The maximum absolute atomic E-state index is 12.1. The van der Waals surface area contributed by atoms with E-state index in [1.165, 1.54) is 25.9 Å². The van der Waals surface area contributed by atoms with E-state index >= 15 is 0 Å².